The van der Waals surface area contributed by atoms with E-state index in [2.05, 4.69) is 5.16 Å². The lowest BCUT2D eigenvalue weighted by Crippen LogP contribution is -2.27. The molecule has 1 fully saturated rings. The molecule has 0 spiro atoms. The van der Waals surface area contributed by atoms with Gasteiger partial charge in [-0.15, -0.1) is 0 Å². The Labute approximate surface area is 116 Å². The van der Waals surface area contributed by atoms with E-state index in [9.17, 15) is 4.39 Å². The molecule has 0 bridgehead atoms. The average Bonchev–Trinajstić information content (AvgIpc) is 2.89. The maximum atomic E-state index is 13.4. The van der Waals surface area contributed by atoms with Crippen LogP contribution in [0, 0.1) is 5.82 Å². The lowest BCUT2D eigenvalue weighted by atomic mass is 10.1. The van der Waals surface area contributed by atoms with Crippen LogP contribution in [0.3, 0.4) is 0 Å². The molecule has 2 rings (SSSR count). The third-order valence-corrected chi connectivity index (χ3v) is 3.50. The maximum Gasteiger partial charge on any atom is 0.172 e. The summed E-state index contributed by atoms with van der Waals surface area (Å²) in [5.41, 5.74) is 6.64. The number of anilines is 1. The highest BCUT2D eigenvalue weighted by atomic mass is 19.1. The van der Waals surface area contributed by atoms with Crippen LogP contribution in [0.5, 0.6) is 0 Å². The molecule has 1 heterocycles. The maximum absolute atomic E-state index is 13.4. The number of hydrogen-bond acceptors (Lipinski definition) is 5. The zero-order valence-electron chi connectivity index (χ0n) is 11.4. The topological polar surface area (TPSA) is 80.3 Å². The number of oxime groups is 1. The quantitative estimate of drug-likeness (QED) is 0.369. The Morgan fingerprint density at radius 2 is 1.95 bits per heavy atom. The van der Waals surface area contributed by atoms with E-state index in [1.807, 2.05) is 4.90 Å². The number of nitrogens with zero attached hydrogens (tertiary/aromatic N) is 2. The van der Waals surface area contributed by atoms with E-state index in [-0.39, 0.29) is 18.0 Å². The first-order valence-corrected chi connectivity index (χ1v) is 6.18. The number of halogens is 1. The first-order chi connectivity index (χ1) is 9.60. The van der Waals surface area contributed by atoms with Gasteiger partial charge in [0, 0.05) is 38.6 Å². The fourth-order valence-electron chi connectivity index (χ4n) is 2.44. The van der Waals surface area contributed by atoms with Gasteiger partial charge in [-0.1, -0.05) is 5.16 Å². The number of amidine groups is 1. The highest BCUT2D eigenvalue weighted by Gasteiger charge is 2.34. The van der Waals surface area contributed by atoms with Crippen LogP contribution < -0.4 is 10.6 Å². The molecular weight excluding hydrogens is 265 g/mol. The summed E-state index contributed by atoms with van der Waals surface area (Å²) in [5, 5.41) is 11.8. The van der Waals surface area contributed by atoms with E-state index in [1.165, 1.54) is 12.1 Å². The number of hydrogen-bond donors (Lipinski definition) is 2. The summed E-state index contributed by atoms with van der Waals surface area (Å²) in [5.74, 6) is -0.574. The molecule has 110 valence electrons. The van der Waals surface area contributed by atoms with Crippen molar-refractivity contribution in [3.05, 3.63) is 29.6 Å². The van der Waals surface area contributed by atoms with Gasteiger partial charge in [-0.2, -0.15) is 0 Å². The second-order valence-corrected chi connectivity index (χ2v) is 4.60. The summed E-state index contributed by atoms with van der Waals surface area (Å²) in [6.45, 7) is 1.18. The lowest BCUT2D eigenvalue weighted by Gasteiger charge is -2.21. The van der Waals surface area contributed by atoms with E-state index < -0.39 is 5.82 Å². The van der Waals surface area contributed by atoms with Gasteiger partial charge < -0.3 is 25.3 Å². The van der Waals surface area contributed by atoms with Crippen LogP contribution in [0.2, 0.25) is 0 Å². The molecular formula is C13H18FN3O3. The zero-order valence-corrected chi connectivity index (χ0v) is 11.4. The van der Waals surface area contributed by atoms with Gasteiger partial charge >= 0.3 is 0 Å². The van der Waals surface area contributed by atoms with Crippen LogP contribution in [-0.2, 0) is 9.47 Å². The summed E-state index contributed by atoms with van der Waals surface area (Å²) in [4.78, 5) is 1.97. The normalized spacial score (nSPS) is 23.4. The van der Waals surface area contributed by atoms with E-state index in [4.69, 9.17) is 20.4 Å². The molecule has 1 aromatic carbocycles. The molecule has 6 nitrogen and oxygen atoms in total. The van der Waals surface area contributed by atoms with Crippen molar-refractivity contribution in [2.75, 3.05) is 32.2 Å². The molecule has 2 unspecified atom stereocenters. The highest BCUT2D eigenvalue weighted by Crippen LogP contribution is 2.27. The minimum Gasteiger partial charge on any atom is -0.409 e. The van der Waals surface area contributed by atoms with Gasteiger partial charge in [0.25, 0.3) is 0 Å². The van der Waals surface area contributed by atoms with Crippen LogP contribution in [-0.4, -0.2) is 50.6 Å². The molecule has 2 atom stereocenters. The van der Waals surface area contributed by atoms with Crippen LogP contribution in [0.1, 0.15) is 5.56 Å². The van der Waals surface area contributed by atoms with Gasteiger partial charge in [0.1, 0.15) is 18.0 Å². The molecule has 7 heteroatoms. The van der Waals surface area contributed by atoms with Gasteiger partial charge in [-0.3, -0.25) is 0 Å². The molecule has 1 aliphatic rings. The molecule has 0 radical (unpaired) electrons. The molecule has 20 heavy (non-hydrogen) atoms. The Bertz CT molecular complexity index is 498. The van der Waals surface area contributed by atoms with E-state index in [1.54, 1.807) is 20.3 Å². The van der Waals surface area contributed by atoms with Crippen molar-refractivity contribution in [3.8, 4) is 0 Å². The van der Waals surface area contributed by atoms with Crippen molar-refractivity contribution in [1.82, 2.24) is 0 Å². The van der Waals surface area contributed by atoms with Crippen LogP contribution in [0.15, 0.2) is 23.4 Å². The number of methoxy groups -OCH3 is 2. The van der Waals surface area contributed by atoms with Crippen LogP contribution in [0.25, 0.3) is 0 Å². The van der Waals surface area contributed by atoms with Gasteiger partial charge in [0.2, 0.25) is 0 Å². The predicted molar refractivity (Wildman–Crippen MR) is 72.7 cm³/mol. The standard InChI is InChI=1S/C13H18FN3O3/c1-19-11-6-17(7-12(11)20-2)10-4-3-8(14)5-9(10)13(15)16-18/h3-5,11-12,18H,6-7H2,1-2H3,(H2,15,16). The smallest absolute Gasteiger partial charge is 0.172 e. The fraction of sp³-hybridized carbons (Fsp3) is 0.462. The van der Waals surface area contributed by atoms with Gasteiger partial charge in [-0.25, -0.2) is 4.39 Å². The number of nitrogens with two attached hydrogens (primary N) is 1. The monoisotopic (exact) mass is 283 g/mol. The third kappa shape index (κ3) is 2.68. The predicted octanol–water partition coefficient (Wildman–Crippen LogP) is 0.770. The minimum atomic E-state index is -0.443. The van der Waals surface area contributed by atoms with Crippen molar-refractivity contribution in [2.24, 2.45) is 10.9 Å². The fourth-order valence-corrected chi connectivity index (χ4v) is 2.44. The highest BCUT2D eigenvalue weighted by molar-refractivity contribution is 6.02. The molecule has 1 aliphatic heterocycles. The minimum absolute atomic E-state index is 0.0785. The second-order valence-electron chi connectivity index (χ2n) is 4.60. The Morgan fingerprint density at radius 1 is 1.35 bits per heavy atom. The summed E-state index contributed by atoms with van der Waals surface area (Å²) < 4.78 is 24.1. The van der Waals surface area contributed by atoms with Gasteiger partial charge in [-0.05, 0) is 18.2 Å². The number of benzene rings is 1. The summed E-state index contributed by atoms with van der Waals surface area (Å²) in [6.07, 6.45) is -0.157. The van der Waals surface area contributed by atoms with Crippen LogP contribution >= 0.6 is 0 Å². The molecule has 0 aliphatic carbocycles. The Balaban J connectivity index is 2.34. The SMILES string of the molecule is COC1CN(c2ccc(F)cc2/C(N)=N/O)CC1OC. The van der Waals surface area contributed by atoms with Crippen molar-refractivity contribution in [2.45, 2.75) is 12.2 Å². The van der Waals surface area contributed by atoms with Gasteiger partial charge in [0.05, 0.1) is 0 Å². The van der Waals surface area contributed by atoms with Crippen molar-refractivity contribution in [3.63, 3.8) is 0 Å². The summed E-state index contributed by atoms with van der Waals surface area (Å²) in [6, 6.07) is 4.19. The largest absolute Gasteiger partial charge is 0.409 e. The third-order valence-electron chi connectivity index (χ3n) is 3.50. The van der Waals surface area contributed by atoms with Crippen molar-refractivity contribution < 1.29 is 19.1 Å². The molecule has 0 saturated carbocycles. The lowest BCUT2D eigenvalue weighted by molar-refractivity contribution is -0.00461. The molecule has 3 N–H and O–H groups in total. The van der Waals surface area contributed by atoms with E-state index >= 15 is 0 Å². The molecule has 0 amide bonds. The van der Waals surface area contributed by atoms with Crippen LogP contribution in [0.4, 0.5) is 10.1 Å². The Hall–Kier alpha value is -1.86. The van der Waals surface area contributed by atoms with Crippen molar-refractivity contribution in [1.29, 1.82) is 0 Å². The summed E-state index contributed by atoms with van der Waals surface area (Å²) in [7, 11) is 3.24. The number of rotatable bonds is 4. The number of ether oxygens (including phenoxy) is 2. The molecule has 0 aromatic heterocycles. The Kier molecular flexibility index (Phi) is 4.41. The Morgan fingerprint density at radius 3 is 2.45 bits per heavy atom. The average molecular weight is 283 g/mol. The first kappa shape index (κ1) is 14.5. The van der Waals surface area contributed by atoms with Crippen molar-refractivity contribution >= 4 is 11.5 Å². The summed E-state index contributed by atoms with van der Waals surface area (Å²) >= 11 is 0. The van der Waals surface area contributed by atoms with E-state index in [0.29, 0.717) is 24.3 Å². The zero-order chi connectivity index (χ0) is 14.7. The van der Waals surface area contributed by atoms with Gasteiger partial charge in [0.15, 0.2) is 5.84 Å². The van der Waals surface area contributed by atoms with E-state index in [0.717, 1.165) is 0 Å². The second kappa shape index (κ2) is 6.06. The molecule has 1 aromatic rings. The molecule has 1 saturated heterocycles. The first-order valence-electron chi connectivity index (χ1n) is 6.18.